The van der Waals surface area contributed by atoms with Crippen LogP contribution in [0, 0.1) is 6.92 Å². The fraction of sp³-hybridized carbons (Fsp3) is 0.500. The molecule has 10 heteroatoms. The first-order chi connectivity index (χ1) is 16.5. The lowest BCUT2D eigenvalue weighted by Crippen LogP contribution is -2.38. The molecule has 1 N–H and O–H groups in total. The van der Waals surface area contributed by atoms with Gasteiger partial charge in [0.15, 0.2) is 5.13 Å². The van der Waals surface area contributed by atoms with Gasteiger partial charge in [0, 0.05) is 49.4 Å². The fourth-order valence-corrected chi connectivity index (χ4v) is 5.06. The highest BCUT2D eigenvalue weighted by molar-refractivity contribution is 7.13. The van der Waals surface area contributed by atoms with Crippen molar-refractivity contribution < 1.29 is 9.47 Å². The van der Waals surface area contributed by atoms with Crippen molar-refractivity contribution in [3.63, 3.8) is 0 Å². The smallest absolute Gasteiger partial charge is 0.277 e. The van der Waals surface area contributed by atoms with Crippen LogP contribution in [0.25, 0.3) is 11.4 Å². The Kier molecular flexibility index (Phi) is 7.47. The van der Waals surface area contributed by atoms with Gasteiger partial charge in [-0.1, -0.05) is 6.92 Å². The predicted octanol–water partition coefficient (Wildman–Crippen LogP) is 3.37. The molecule has 0 amide bonds. The Hall–Kier alpha value is -2.98. The van der Waals surface area contributed by atoms with Gasteiger partial charge in [-0.05, 0) is 33.3 Å². The van der Waals surface area contributed by atoms with Crippen molar-refractivity contribution >= 4 is 22.2 Å². The number of hydrogen-bond donors (Lipinski definition) is 1. The first-order valence-corrected chi connectivity index (χ1v) is 12.6. The summed E-state index contributed by atoms with van der Waals surface area (Å²) in [5.41, 5.74) is 2.79. The third kappa shape index (κ3) is 4.65. The van der Waals surface area contributed by atoms with Crippen LogP contribution in [0.4, 0.5) is 10.8 Å². The highest BCUT2D eigenvalue weighted by atomic mass is 32.1. The summed E-state index contributed by atoms with van der Waals surface area (Å²) in [6.07, 6.45) is 2.38. The molecule has 0 bridgehead atoms. The number of anilines is 2. The standard InChI is InChI=1S/C24H32N6O3S/c1-6-17-21(27-18-13-29(14-19(18)33-8-3)24-25-11-12-34-24)23(31)30(7-2)22(28-17)16-9-10-20(32-5)26-15(16)4/h9-12,18-19,27H,6-8,13-14H2,1-5H3. The van der Waals surface area contributed by atoms with Crippen molar-refractivity contribution in [1.82, 2.24) is 19.5 Å². The molecule has 3 aromatic heterocycles. The maximum absolute atomic E-state index is 13.7. The zero-order valence-corrected chi connectivity index (χ0v) is 21.2. The molecule has 0 aliphatic carbocycles. The van der Waals surface area contributed by atoms with Crippen molar-refractivity contribution in [2.45, 2.75) is 52.8 Å². The van der Waals surface area contributed by atoms with E-state index in [2.05, 4.69) is 20.2 Å². The normalized spacial score (nSPS) is 17.9. The van der Waals surface area contributed by atoms with E-state index in [1.807, 2.05) is 45.3 Å². The molecule has 1 saturated heterocycles. The van der Waals surface area contributed by atoms with Crippen LogP contribution in [0.3, 0.4) is 0 Å². The van der Waals surface area contributed by atoms with E-state index < -0.39 is 0 Å². The largest absolute Gasteiger partial charge is 0.481 e. The molecule has 4 heterocycles. The van der Waals surface area contributed by atoms with Crippen molar-refractivity contribution in [3.05, 3.63) is 45.5 Å². The van der Waals surface area contributed by atoms with Gasteiger partial charge in [0.1, 0.15) is 11.5 Å². The average molecular weight is 485 g/mol. The molecule has 2 atom stereocenters. The molecule has 2 unspecified atom stereocenters. The third-order valence-electron chi connectivity index (χ3n) is 6.07. The highest BCUT2D eigenvalue weighted by Gasteiger charge is 2.35. The number of pyridine rings is 1. The van der Waals surface area contributed by atoms with E-state index in [1.165, 1.54) is 0 Å². The predicted molar refractivity (Wildman–Crippen MR) is 135 cm³/mol. The van der Waals surface area contributed by atoms with Gasteiger partial charge in [-0.15, -0.1) is 11.3 Å². The number of aryl methyl sites for hydroxylation is 2. The summed E-state index contributed by atoms with van der Waals surface area (Å²) in [7, 11) is 1.59. The number of rotatable bonds is 9. The van der Waals surface area contributed by atoms with E-state index in [1.54, 1.807) is 29.1 Å². The third-order valence-corrected chi connectivity index (χ3v) is 6.90. The van der Waals surface area contributed by atoms with Crippen LogP contribution in [-0.4, -0.2) is 58.5 Å². The van der Waals surface area contributed by atoms with E-state index in [0.717, 1.165) is 28.6 Å². The molecule has 0 spiro atoms. The van der Waals surface area contributed by atoms with Gasteiger partial charge in [0.2, 0.25) is 5.88 Å². The number of ether oxygens (including phenoxy) is 2. The molecular weight excluding hydrogens is 452 g/mol. The van der Waals surface area contributed by atoms with E-state index >= 15 is 0 Å². The first-order valence-electron chi connectivity index (χ1n) is 11.7. The van der Waals surface area contributed by atoms with Gasteiger partial charge in [0.05, 0.1) is 30.6 Å². The molecule has 1 fully saturated rings. The van der Waals surface area contributed by atoms with E-state index in [-0.39, 0.29) is 17.7 Å². The molecule has 0 saturated carbocycles. The molecule has 182 valence electrons. The summed E-state index contributed by atoms with van der Waals surface area (Å²) in [6, 6.07) is 3.66. The molecule has 1 aliphatic heterocycles. The minimum absolute atomic E-state index is 0.0517. The van der Waals surface area contributed by atoms with Crippen LogP contribution in [-0.2, 0) is 17.7 Å². The lowest BCUT2D eigenvalue weighted by Gasteiger charge is -2.23. The number of methoxy groups -OCH3 is 1. The first kappa shape index (κ1) is 24.2. The Labute approximate surface area is 203 Å². The van der Waals surface area contributed by atoms with Crippen LogP contribution in [0.1, 0.15) is 32.2 Å². The lowest BCUT2D eigenvalue weighted by molar-refractivity contribution is 0.0720. The van der Waals surface area contributed by atoms with Crippen LogP contribution >= 0.6 is 11.3 Å². The molecule has 9 nitrogen and oxygen atoms in total. The lowest BCUT2D eigenvalue weighted by atomic mass is 10.1. The van der Waals surface area contributed by atoms with Crippen molar-refractivity contribution in [3.8, 4) is 17.3 Å². The molecular formula is C24H32N6O3S. The van der Waals surface area contributed by atoms with Gasteiger partial charge in [-0.3, -0.25) is 9.36 Å². The Morgan fingerprint density at radius 1 is 1.21 bits per heavy atom. The van der Waals surface area contributed by atoms with Gasteiger partial charge in [-0.25, -0.2) is 15.0 Å². The van der Waals surface area contributed by atoms with Crippen molar-refractivity contribution in [2.75, 3.05) is 37.0 Å². The van der Waals surface area contributed by atoms with Crippen molar-refractivity contribution in [2.24, 2.45) is 0 Å². The topological polar surface area (TPSA) is 94.4 Å². The van der Waals surface area contributed by atoms with Crippen LogP contribution in [0.2, 0.25) is 0 Å². The van der Waals surface area contributed by atoms with Gasteiger partial charge >= 0.3 is 0 Å². The second-order valence-electron chi connectivity index (χ2n) is 8.11. The number of thiazole rings is 1. The molecule has 0 radical (unpaired) electrons. The zero-order chi connectivity index (χ0) is 24.2. The number of nitrogens with one attached hydrogen (secondary N) is 1. The molecule has 4 rings (SSSR count). The number of hydrogen-bond acceptors (Lipinski definition) is 9. The van der Waals surface area contributed by atoms with Crippen LogP contribution in [0.15, 0.2) is 28.5 Å². The van der Waals surface area contributed by atoms with Crippen LogP contribution < -0.4 is 20.5 Å². The summed E-state index contributed by atoms with van der Waals surface area (Å²) >= 11 is 1.61. The van der Waals surface area contributed by atoms with E-state index in [4.69, 9.17) is 14.5 Å². The second kappa shape index (κ2) is 10.5. The van der Waals surface area contributed by atoms with E-state index in [0.29, 0.717) is 43.5 Å². The average Bonchev–Trinajstić information content (AvgIpc) is 3.51. The summed E-state index contributed by atoms with van der Waals surface area (Å²) < 4.78 is 13.0. The summed E-state index contributed by atoms with van der Waals surface area (Å²) in [4.78, 5) is 29.8. The van der Waals surface area contributed by atoms with Gasteiger partial charge in [-0.2, -0.15) is 0 Å². The fourth-order valence-electron chi connectivity index (χ4n) is 4.40. The molecule has 0 aromatic carbocycles. The number of nitrogens with zero attached hydrogens (tertiary/aromatic N) is 5. The molecule has 3 aromatic rings. The van der Waals surface area contributed by atoms with Gasteiger partial charge < -0.3 is 19.7 Å². The minimum atomic E-state index is -0.0810. The summed E-state index contributed by atoms with van der Waals surface area (Å²) in [5, 5.41) is 6.46. The Morgan fingerprint density at radius 3 is 2.65 bits per heavy atom. The number of aromatic nitrogens is 4. The minimum Gasteiger partial charge on any atom is -0.481 e. The monoisotopic (exact) mass is 484 g/mol. The summed E-state index contributed by atoms with van der Waals surface area (Å²) in [6.45, 7) is 10.4. The highest BCUT2D eigenvalue weighted by Crippen LogP contribution is 2.28. The Morgan fingerprint density at radius 2 is 2.03 bits per heavy atom. The van der Waals surface area contributed by atoms with Crippen molar-refractivity contribution in [1.29, 1.82) is 0 Å². The quantitative estimate of drug-likeness (QED) is 0.494. The van der Waals surface area contributed by atoms with E-state index in [9.17, 15) is 4.79 Å². The molecule has 1 aliphatic rings. The second-order valence-corrected chi connectivity index (χ2v) is 8.98. The Balaban J connectivity index is 1.72. The van der Waals surface area contributed by atoms with Crippen LogP contribution in [0.5, 0.6) is 5.88 Å². The Bertz CT molecular complexity index is 1180. The zero-order valence-electron chi connectivity index (χ0n) is 20.4. The maximum atomic E-state index is 13.7. The van der Waals surface area contributed by atoms with Gasteiger partial charge in [0.25, 0.3) is 5.56 Å². The summed E-state index contributed by atoms with van der Waals surface area (Å²) in [5.74, 6) is 1.16. The SMILES string of the molecule is CCOC1CN(c2nccs2)CC1Nc1c(CC)nc(-c2ccc(OC)nc2C)n(CC)c1=O. The molecule has 34 heavy (non-hydrogen) atoms. The maximum Gasteiger partial charge on any atom is 0.277 e.